The molecule has 0 aliphatic heterocycles. The fourth-order valence-corrected chi connectivity index (χ4v) is 0.176. The Balaban J connectivity index is -0.000000245. The third kappa shape index (κ3) is 4.94. The van der Waals surface area contributed by atoms with Crippen molar-refractivity contribution in [3.05, 3.63) is 0 Å². The van der Waals surface area contributed by atoms with E-state index in [-0.39, 0.29) is 14.7 Å². The van der Waals surface area contributed by atoms with Crippen LogP contribution in [0.3, 0.4) is 0 Å². The van der Waals surface area contributed by atoms with Gasteiger partial charge in [0.05, 0.1) is 0 Å². The molecule has 2 amide bonds. The standard InChI is InChI=1S/C4H8N2O2.2H2/c1-3(7)5-6-4(2)8;;/h1-2H3,(H,5,7)(H,6,8);2*1H. The zero-order valence-electron chi connectivity index (χ0n) is 4.82. The van der Waals surface area contributed by atoms with Crippen molar-refractivity contribution in [1.82, 2.24) is 10.9 Å². The van der Waals surface area contributed by atoms with Crippen LogP contribution in [0.2, 0.25) is 0 Å². The summed E-state index contributed by atoms with van der Waals surface area (Å²) in [5, 5.41) is 0. The molecular formula is C4H12N2O2. The Labute approximate surface area is 50.2 Å². The second-order valence-electron chi connectivity index (χ2n) is 1.36. The van der Waals surface area contributed by atoms with Crippen molar-refractivity contribution in [3.63, 3.8) is 0 Å². The molecule has 0 aliphatic carbocycles. The Morgan fingerprint density at radius 3 is 1.50 bits per heavy atom. The van der Waals surface area contributed by atoms with E-state index >= 15 is 0 Å². The van der Waals surface area contributed by atoms with E-state index in [9.17, 15) is 9.59 Å². The molecular weight excluding hydrogens is 108 g/mol. The fraction of sp³-hybridized carbons (Fsp3) is 0.500. The van der Waals surface area contributed by atoms with Crippen LogP contribution in [-0.2, 0) is 9.59 Å². The highest BCUT2D eigenvalue weighted by Gasteiger charge is 1.88. The van der Waals surface area contributed by atoms with Crippen LogP contribution in [0.4, 0.5) is 0 Å². The molecule has 0 aliphatic rings. The monoisotopic (exact) mass is 120 g/mol. The van der Waals surface area contributed by atoms with E-state index in [2.05, 4.69) is 10.9 Å². The number of amides is 2. The van der Waals surface area contributed by atoms with Crippen molar-refractivity contribution in [2.45, 2.75) is 13.8 Å². The average molecular weight is 120 g/mol. The Bertz CT molecular complexity index is 104. The molecule has 0 aromatic rings. The summed E-state index contributed by atoms with van der Waals surface area (Å²) in [6.07, 6.45) is 0. The van der Waals surface area contributed by atoms with Crippen LogP contribution in [0.5, 0.6) is 0 Å². The molecule has 0 spiro atoms. The Hall–Kier alpha value is -1.06. The van der Waals surface area contributed by atoms with Crippen LogP contribution in [0.1, 0.15) is 16.7 Å². The predicted molar refractivity (Wildman–Crippen MR) is 31.9 cm³/mol. The molecule has 4 nitrogen and oxygen atoms in total. The summed E-state index contributed by atoms with van der Waals surface area (Å²) in [6, 6.07) is 0. The Morgan fingerprint density at radius 2 is 1.38 bits per heavy atom. The van der Waals surface area contributed by atoms with Gasteiger partial charge in [0, 0.05) is 16.7 Å². The lowest BCUT2D eigenvalue weighted by atomic mass is 10.7. The minimum Gasteiger partial charge on any atom is -0.274 e. The molecule has 0 heterocycles. The van der Waals surface area contributed by atoms with Crippen LogP contribution in [0.25, 0.3) is 0 Å². The molecule has 0 radical (unpaired) electrons. The molecule has 4 heteroatoms. The number of hydrogen-bond acceptors (Lipinski definition) is 2. The molecule has 2 N–H and O–H groups in total. The quantitative estimate of drug-likeness (QED) is 0.430. The highest BCUT2D eigenvalue weighted by atomic mass is 16.2. The zero-order valence-corrected chi connectivity index (χ0v) is 4.82. The average Bonchev–Trinajstić information content (AvgIpc) is 1.61. The SMILES string of the molecule is CC(=O)NNC(C)=O.[HH].[HH]. The molecule has 0 bridgehead atoms. The van der Waals surface area contributed by atoms with Crippen LogP contribution >= 0.6 is 0 Å². The number of hydrazine groups is 1. The van der Waals surface area contributed by atoms with Gasteiger partial charge in [0.2, 0.25) is 11.8 Å². The summed E-state index contributed by atoms with van der Waals surface area (Å²) in [7, 11) is 0. The number of hydrogen-bond donors (Lipinski definition) is 2. The number of carbonyl (C=O) groups is 2. The summed E-state index contributed by atoms with van der Waals surface area (Å²) in [6.45, 7) is 2.63. The minimum absolute atomic E-state index is 0. The third-order valence-electron chi connectivity index (χ3n) is 0.415. The van der Waals surface area contributed by atoms with Crippen molar-refractivity contribution in [3.8, 4) is 0 Å². The molecule has 8 heavy (non-hydrogen) atoms. The zero-order chi connectivity index (χ0) is 6.57. The number of carbonyl (C=O) groups excluding carboxylic acids is 2. The molecule has 0 rings (SSSR count). The van der Waals surface area contributed by atoms with Crippen molar-refractivity contribution in [1.29, 1.82) is 0 Å². The van der Waals surface area contributed by atoms with E-state index in [1.165, 1.54) is 13.8 Å². The molecule has 0 fully saturated rings. The van der Waals surface area contributed by atoms with Gasteiger partial charge < -0.3 is 0 Å². The first-order valence-corrected chi connectivity index (χ1v) is 2.16. The first-order valence-electron chi connectivity index (χ1n) is 2.16. The van der Waals surface area contributed by atoms with Gasteiger partial charge in [-0.3, -0.25) is 20.4 Å². The minimum atomic E-state index is -0.278. The second kappa shape index (κ2) is 3.01. The molecule has 0 aromatic heterocycles. The number of nitrogens with one attached hydrogen (secondary N) is 2. The maximum absolute atomic E-state index is 10.0. The van der Waals surface area contributed by atoms with Gasteiger partial charge in [-0.1, -0.05) is 0 Å². The van der Waals surface area contributed by atoms with E-state index < -0.39 is 0 Å². The van der Waals surface area contributed by atoms with Gasteiger partial charge in [0.15, 0.2) is 0 Å². The summed E-state index contributed by atoms with van der Waals surface area (Å²) in [4.78, 5) is 20.0. The largest absolute Gasteiger partial charge is 0.274 e. The van der Waals surface area contributed by atoms with Crippen LogP contribution < -0.4 is 10.9 Å². The van der Waals surface area contributed by atoms with Crippen molar-refractivity contribution < 1.29 is 12.4 Å². The topological polar surface area (TPSA) is 58.2 Å². The van der Waals surface area contributed by atoms with E-state index in [1.807, 2.05) is 0 Å². The van der Waals surface area contributed by atoms with E-state index in [4.69, 9.17) is 0 Å². The molecule has 0 aromatic carbocycles. The molecule has 0 saturated heterocycles. The predicted octanol–water partition coefficient (Wildman–Crippen LogP) is -0.334. The summed E-state index contributed by atoms with van der Waals surface area (Å²) in [5.74, 6) is -0.555. The molecule has 50 valence electrons. The molecule has 0 atom stereocenters. The molecule has 0 unspecified atom stereocenters. The second-order valence-corrected chi connectivity index (χ2v) is 1.36. The van der Waals surface area contributed by atoms with Crippen molar-refractivity contribution >= 4 is 11.8 Å². The maximum atomic E-state index is 10.0. The first-order chi connectivity index (χ1) is 3.63. The summed E-state index contributed by atoms with van der Waals surface area (Å²) < 4.78 is 0. The van der Waals surface area contributed by atoms with Crippen LogP contribution in [0.15, 0.2) is 0 Å². The fourth-order valence-electron chi connectivity index (χ4n) is 0.176. The highest BCUT2D eigenvalue weighted by molar-refractivity contribution is 5.78. The summed E-state index contributed by atoms with van der Waals surface area (Å²) >= 11 is 0. The van der Waals surface area contributed by atoms with E-state index in [0.29, 0.717) is 0 Å². The Morgan fingerprint density at radius 1 is 1.12 bits per heavy atom. The number of rotatable bonds is 0. The smallest absolute Gasteiger partial charge is 0.235 e. The summed E-state index contributed by atoms with van der Waals surface area (Å²) in [5.41, 5.74) is 4.21. The van der Waals surface area contributed by atoms with Gasteiger partial charge in [-0.15, -0.1) is 0 Å². The lowest BCUT2D eigenvalue weighted by Gasteiger charge is -1.97. The van der Waals surface area contributed by atoms with Gasteiger partial charge in [0.25, 0.3) is 0 Å². The van der Waals surface area contributed by atoms with Gasteiger partial charge in [0.1, 0.15) is 0 Å². The first kappa shape index (κ1) is 6.94. The normalized spacial score (nSPS) is 7.75. The van der Waals surface area contributed by atoms with Gasteiger partial charge in [-0.25, -0.2) is 0 Å². The van der Waals surface area contributed by atoms with Crippen molar-refractivity contribution in [2.75, 3.05) is 0 Å². The van der Waals surface area contributed by atoms with E-state index in [0.717, 1.165) is 0 Å². The maximum Gasteiger partial charge on any atom is 0.235 e. The third-order valence-corrected chi connectivity index (χ3v) is 0.415. The lowest BCUT2D eigenvalue weighted by molar-refractivity contribution is -0.126. The van der Waals surface area contributed by atoms with Crippen LogP contribution in [-0.4, -0.2) is 11.8 Å². The van der Waals surface area contributed by atoms with Crippen LogP contribution in [0, 0.1) is 0 Å². The van der Waals surface area contributed by atoms with Gasteiger partial charge in [-0.05, 0) is 0 Å². The van der Waals surface area contributed by atoms with Crippen molar-refractivity contribution in [2.24, 2.45) is 0 Å². The lowest BCUT2D eigenvalue weighted by Crippen LogP contribution is -2.38. The van der Waals surface area contributed by atoms with Gasteiger partial charge >= 0.3 is 0 Å². The van der Waals surface area contributed by atoms with Gasteiger partial charge in [-0.2, -0.15) is 0 Å². The molecule has 0 saturated carbocycles. The van der Waals surface area contributed by atoms with E-state index in [1.54, 1.807) is 0 Å². The Kier molecular flexibility index (Phi) is 2.61. The highest BCUT2D eigenvalue weighted by Crippen LogP contribution is 1.54.